The topological polar surface area (TPSA) is 46.3 Å². The van der Waals surface area contributed by atoms with Crippen LogP contribution in [0.5, 0.6) is 0 Å². The van der Waals surface area contributed by atoms with Crippen LogP contribution in [-0.4, -0.2) is 29.9 Å². The van der Waals surface area contributed by atoms with Crippen molar-refractivity contribution in [3.8, 4) is 0 Å². The fourth-order valence-corrected chi connectivity index (χ4v) is 2.59. The lowest BCUT2D eigenvalue weighted by atomic mass is 10.1. The molecule has 1 aromatic rings. The minimum atomic E-state index is -0.806. The highest BCUT2D eigenvalue weighted by molar-refractivity contribution is 6.30. The Kier molecular flexibility index (Phi) is 5.74. The zero-order valence-electron chi connectivity index (χ0n) is 10.9. The van der Waals surface area contributed by atoms with Crippen molar-refractivity contribution in [2.45, 2.75) is 19.4 Å². The van der Waals surface area contributed by atoms with Crippen molar-refractivity contribution in [2.24, 2.45) is 11.7 Å². The highest BCUT2D eigenvalue weighted by atomic mass is 35.5. The molecule has 2 unspecified atom stereocenters. The third-order valence-corrected chi connectivity index (χ3v) is 3.79. The summed E-state index contributed by atoms with van der Waals surface area (Å²) in [6.45, 7) is 2.82. The van der Waals surface area contributed by atoms with Crippen molar-refractivity contribution in [3.05, 3.63) is 34.4 Å². The number of benzene rings is 1. The Morgan fingerprint density at radius 1 is 1.45 bits per heavy atom. The Morgan fingerprint density at radius 3 is 2.65 bits per heavy atom. The number of halogens is 4. The maximum Gasteiger partial charge on any atom is 0.257 e. The summed E-state index contributed by atoms with van der Waals surface area (Å²) in [5.74, 6) is -1.91. The number of carbonyl (C=O) groups is 1. The lowest BCUT2D eigenvalue weighted by molar-refractivity contribution is 0.0738. The first-order valence-electron chi connectivity index (χ1n) is 6.09. The van der Waals surface area contributed by atoms with Crippen LogP contribution in [0.15, 0.2) is 12.1 Å². The van der Waals surface area contributed by atoms with E-state index < -0.39 is 17.5 Å². The van der Waals surface area contributed by atoms with Gasteiger partial charge in [-0.3, -0.25) is 4.79 Å². The van der Waals surface area contributed by atoms with Gasteiger partial charge in [0.25, 0.3) is 5.91 Å². The molecule has 1 aliphatic rings. The van der Waals surface area contributed by atoms with Crippen LogP contribution < -0.4 is 5.73 Å². The number of rotatable bonds is 2. The van der Waals surface area contributed by atoms with Gasteiger partial charge in [0.1, 0.15) is 11.6 Å². The standard InChI is InChI=1S/C13H15ClF2N2O.ClH/c1-7-2-8(5-17)6-18(7)13(19)9-3-12(16)10(14)4-11(9)15;/h3-4,7-8H,2,5-6,17H2,1H3;1H. The normalized spacial score (nSPS) is 21.8. The van der Waals surface area contributed by atoms with E-state index in [0.29, 0.717) is 13.1 Å². The fraction of sp³-hybridized carbons (Fsp3) is 0.462. The van der Waals surface area contributed by atoms with Gasteiger partial charge < -0.3 is 10.6 Å². The van der Waals surface area contributed by atoms with Gasteiger partial charge in [-0.2, -0.15) is 0 Å². The Balaban J connectivity index is 0.00000200. The molecule has 1 heterocycles. The molecule has 2 rings (SSSR count). The average molecular weight is 325 g/mol. The molecule has 2 atom stereocenters. The predicted octanol–water partition coefficient (Wildman–Crippen LogP) is 2.85. The third kappa shape index (κ3) is 3.22. The van der Waals surface area contributed by atoms with Crippen molar-refractivity contribution >= 4 is 29.9 Å². The number of nitrogens with two attached hydrogens (primary N) is 1. The lowest BCUT2D eigenvalue weighted by Crippen LogP contribution is -2.35. The van der Waals surface area contributed by atoms with E-state index in [9.17, 15) is 13.6 Å². The molecule has 1 amide bonds. The Labute approximate surface area is 127 Å². The summed E-state index contributed by atoms with van der Waals surface area (Å²) < 4.78 is 27.1. The summed E-state index contributed by atoms with van der Waals surface area (Å²) in [5.41, 5.74) is 5.30. The zero-order valence-corrected chi connectivity index (χ0v) is 12.5. The molecule has 0 spiro atoms. The van der Waals surface area contributed by atoms with Crippen LogP contribution in [0.25, 0.3) is 0 Å². The van der Waals surface area contributed by atoms with E-state index in [0.717, 1.165) is 18.6 Å². The van der Waals surface area contributed by atoms with Crippen molar-refractivity contribution < 1.29 is 13.6 Å². The van der Waals surface area contributed by atoms with Gasteiger partial charge in [0.2, 0.25) is 0 Å². The minimum Gasteiger partial charge on any atom is -0.336 e. The summed E-state index contributed by atoms with van der Waals surface area (Å²) in [6.07, 6.45) is 0.778. The fourth-order valence-electron chi connectivity index (χ4n) is 2.44. The molecular formula is C13H16Cl2F2N2O. The second-order valence-corrected chi connectivity index (χ2v) is 5.30. The van der Waals surface area contributed by atoms with E-state index in [4.69, 9.17) is 17.3 Å². The number of carbonyl (C=O) groups excluding carboxylic acids is 1. The minimum absolute atomic E-state index is 0. The molecule has 2 N–H and O–H groups in total. The van der Waals surface area contributed by atoms with E-state index in [1.807, 2.05) is 6.92 Å². The van der Waals surface area contributed by atoms with Gasteiger partial charge in [-0.25, -0.2) is 8.78 Å². The Bertz CT molecular complexity index is 513. The smallest absolute Gasteiger partial charge is 0.257 e. The zero-order chi connectivity index (χ0) is 14.2. The first-order valence-corrected chi connectivity index (χ1v) is 6.47. The molecule has 3 nitrogen and oxygen atoms in total. The Hall–Kier alpha value is -0.910. The van der Waals surface area contributed by atoms with Gasteiger partial charge in [0.05, 0.1) is 10.6 Å². The second-order valence-electron chi connectivity index (χ2n) is 4.89. The van der Waals surface area contributed by atoms with E-state index >= 15 is 0 Å². The SMILES string of the molecule is CC1CC(CN)CN1C(=O)c1cc(F)c(Cl)cc1F.Cl. The van der Waals surface area contributed by atoms with Gasteiger partial charge in [-0.1, -0.05) is 11.6 Å². The van der Waals surface area contributed by atoms with Gasteiger partial charge in [-0.15, -0.1) is 12.4 Å². The number of likely N-dealkylation sites (tertiary alicyclic amines) is 1. The summed E-state index contributed by atoms with van der Waals surface area (Å²) >= 11 is 5.47. The molecule has 0 saturated carbocycles. The van der Waals surface area contributed by atoms with Gasteiger partial charge in [-0.05, 0) is 37.9 Å². The molecule has 7 heteroatoms. The maximum absolute atomic E-state index is 13.7. The molecule has 0 aromatic heterocycles. The monoisotopic (exact) mass is 324 g/mol. The third-order valence-electron chi connectivity index (χ3n) is 3.50. The first kappa shape index (κ1) is 17.1. The van der Waals surface area contributed by atoms with Crippen LogP contribution in [-0.2, 0) is 0 Å². The van der Waals surface area contributed by atoms with Crippen LogP contribution in [0.2, 0.25) is 5.02 Å². The van der Waals surface area contributed by atoms with Crippen molar-refractivity contribution in [2.75, 3.05) is 13.1 Å². The van der Waals surface area contributed by atoms with E-state index in [1.54, 1.807) is 0 Å². The molecular weight excluding hydrogens is 309 g/mol. The number of hydrogen-bond acceptors (Lipinski definition) is 2. The highest BCUT2D eigenvalue weighted by Gasteiger charge is 2.33. The molecule has 112 valence electrons. The van der Waals surface area contributed by atoms with Crippen LogP contribution in [0.4, 0.5) is 8.78 Å². The quantitative estimate of drug-likeness (QED) is 0.850. The van der Waals surface area contributed by atoms with Crippen LogP contribution in [0, 0.1) is 17.6 Å². The summed E-state index contributed by atoms with van der Waals surface area (Å²) in [6, 6.07) is 1.65. The predicted molar refractivity (Wildman–Crippen MR) is 76.3 cm³/mol. The summed E-state index contributed by atoms with van der Waals surface area (Å²) in [7, 11) is 0. The Morgan fingerprint density at radius 2 is 2.10 bits per heavy atom. The van der Waals surface area contributed by atoms with Crippen LogP contribution in [0.3, 0.4) is 0 Å². The second kappa shape index (κ2) is 6.70. The molecule has 1 fully saturated rings. The largest absolute Gasteiger partial charge is 0.336 e. The van der Waals surface area contributed by atoms with E-state index in [2.05, 4.69) is 0 Å². The van der Waals surface area contributed by atoms with Crippen LogP contribution in [0.1, 0.15) is 23.7 Å². The first-order chi connectivity index (χ1) is 8.93. The maximum atomic E-state index is 13.7. The highest BCUT2D eigenvalue weighted by Crippen LogP contribution is 2.26. The van der Waals surface area contributed by atoms with Crippen molar-refractivity contribution in [1.29, 1.82) is 0 Å². The van der Waals surface area contributed by atoms with Crippen LogP contribution >= 0.6 is 24.0 Å². The molecule has 0 aliphatic carbocycles. The summed E-state index contributed by atoms with van der Waals surface area (Å²) in [4.78, 5) is 13.8. The van der Waals surface area contributed by atoms with E-state index in [-0.39, 0.29) is 35.0 Å². The molecule has 20 heavy (non-hydrogen) atoms. The van der Waals surface area contributed by atoms with E-state index in [1.165, 1.54) is 4.90 Å². The van der Waals surface area contributed by atoms with Gasteiger partial charge in [0, 0.05) is 12.6 Å². The summed E-state index contributed by atoms with van der Waals surface area (Å²) in [5, 5.41) is -0.330. The molecule has 0 bridgehead atoms. The number of amides is 1. The number of hydrogen-bond donors (Lipinski definition) is 1. The van der Waals surface area contributed by atoms with Gasteiger partial charge in [0.15, 0.2) is 0 Å². The van der Waals surface area contributed by atoms with Crippen molar-refractivity contribution in [1.82, 2.24) is 4.90 Å². The van der Waals surface area contributed by atoms with Gasteiger partial charge >= 0.3 is 0 Å². The average Bonchev–Trinajstić information content (AvgIpc) is 2.74. The lowest BCUT2D eigenvalue weighted by Gasteiger charge is -2.22. The molecule has 1 saturated heterocycles. The molecule has 0 radical (unpaired) electrons. The molecule has 1 aliphatic heterocycles. The molecule has 1 aromatic carbocycles. The number of nitrogens with zero attached hydrogens (tertiary/aromatic N) is 1. The van der Waals surface area contributed by atoms with Crippen molar-refractivity contribution in [3.63, 3.8) is 0 Å².